The van der Waals surface area contributed by atoms with Crippen molar-refractivity contribution in [1.29, 1.82) is 0 Å². The number of sulfonamides is 1. The highest BCUT2D eigenvalue weighted by atomic mass is 32.2. The van der Waals surface area contributed by atoms with E-state index < -0.39 is 15.9 Å². The summed E-state index contributed by atoms with van der Waals surface area (Å²) in [6.07, 6.45) is 4.19. The molecule has 2 N–H and O–H groups in total. The molecule has 0 bridgehead atoms. The number of hydrogen-bond donors (Lipinski definition) is 2. The van der Waals surface area contributed by atoms with Crippen LogP contribution in [-0.4, -0.2) is 50.8 Å². The molecule has 1 fully saturated rings. The molecule has 1 aliphatic heterocycles. The lowest BCUT2D eigenvalue weighted by Crippen LogP contribution is -2.49. The first-order valence-corrected chi connectivity index (χ1v) is 12.7. The molecule has 0 unspecified atom stereocenters. The second-order valence-corrected chi connectivity index (χ2v) is 10.4. The third kappa shape index (κ3) is 4.51. The zero-order valence-electron chi connectivity index (χ0n) is 18.5. The summed E-state index contributed by atoms with van der Waals surface area (Å²) in [5.41, 5.74) is 2.38. The van der Waals surface area contributed by atoms with Gasteiger partial charge in [-0.25, -0.2) is 8.42 Å². The number of amides is 2. The smallest absolute Gasteiger partial charge is 0.262 e. The summed E-state index contributed by atoms with van der Waals surface area (Å²) >= 11 is 0. The number of fused-ring (bicyclic) bond motifs is 3. The fourth-order valence-electron chi connectivity index (χ4n) is 4.38. The molecular weight excluding hydrogens is 458 g/mol. The van der Waals surface area contributed by atoms with Crippen LogP contribution < -0.4 is 15.4 Å². The zero-order valence-corrected chi connectivity index (χ0v) is 19.3. The SMILES string of the molecule is O=C1CN(S(=O)(=O)c2cccc(NC(=O)COc3ccc4oc5c(c4c3)CCCC5)c2)CCN1. The van der Waals surface area contributed by atoms with Crippen LogP contribution in [0, 0.1) is 0 Å². The average Bonchev–Trinajstić information content (AvgIpc) is 3.21. The van der Waals surface area contributed by atoms with E-state index in [1.807, 2.05) is 12.1 Å². The standard InChI is InChI=1S/C24H25N3O6S/c28-23-14-27(11-10-25-23)34(30,31)18-5-3-4-16(12-18)26-24(29)15-32-17-8-9-22-20(13-17)19-6-1-2-7-21(19)33-22/h3-5,8-9,12-13H,1-2,6-7,10-11,14-15H2,(H,25,28)(H,26,29). The largest absolute Gasteiger partial charge is 0.484 e. The summed E-state index contributed by atoms with van der Waals surface area (Å²) < 4.78 is 38.5. The van der Waals surface area contributed by atoms with Gasteiger partial charge in [-0.05, 0) is 55.7 Å². The van der Waals surface area contributed by atoms with Gasteiger partial charge in [0.2, 0.25) is 15.9 Å². The van der Waals surface area contributed by atoms with Gasteiger partial charge in [0.1, 0.15) is 17.1 Å². The molecule has 1 aliphatic carbocycles. The van der Waals surface area contributed by atoms with E-state index in [1.54, 1.807) is 18.2 Å². The van der Waals surface area contributed by atoms with E-state index in [4.69, 9.17) is 9.15 Å². The minimum absolute atomic E-state index is 0.0103. The average molecular weight is 484 g/mol. The van der Waals surface area contributed by atoms with Crippen LogP contribution in [-0.2, 0) is 32.5 Å². The van der Waals surface area contributed by atoms with E-state index >= 15 is 0 Å². The first-order valence-electron chi connectivity index (χ1n) is 11.2. The first-order chi connectivity index (χ1) is 16.4. The van der Waals surface area contributed by atoms with E-state index in [9.17, 15) is 18.0 Å². The van der Waals surface area contributed by atoms with E-state index in [-0.39, 0.29) is 37.0 Å². The second kappa shape index (κ2) is 9.11. The summed E-state index contributed by atoms with van der Waals surface area (Å²) in [6.45, 7) is 0.00769. The van der Waals surface area contributed by atoms with Crippen molar-refractivity contribution in [3.8, 4) is 5.75 Å². The summed E-state index contributed by atoms with van der Waals surface area (Å²) in [4.78, 5) is 24.1. The number of benzene rings is 2. The molecule has 5 rings (SSSR count). The highest BCUT2D eigenvalue weighted by Crippen LogP contribution is 2.34. The van der Waals surface area contributed by atoms with Crippen molar-refractivity contribution in [1.82, 2.24) is 9.62 Å². The number of nitrogens with zero attached hydrogens (tertiary/aromatic N) is 1. The Morgan fingerprint density at radius 1 is 1.15 bits per heavy atom. The Morgan fingerprint density at radius 3 is 2.85 bits per heavy atom. The van der Waals surface area contributed by atoms with E-state index in [1.165, 1.54) is 17.7 Å². The maximum Gasteiger partial charge on any atom is 0.262 e. The lowest BCUT2D eigenvalue weighted by atomic mass is 9.96. The van der Waals surface area contributed by atoms with Gasteiger partial charge in [0, 0.05) is 36.1 Å². The fourth-order valence-corrected chi connectivity index (χ4v) is 5.82. The number of nitrogens with one attached hydrogen (secondary N) is 2. The summed E-state index contributed by atoms with van der Waals surface area (Å²) in [7, 11) is -3.85. The normalized spacial score (nSPS) is 16.6. The van der Waals surface area contributed by atoms with Crippen molar-refractivity contribution in [2.24, 2.45) is 0 Å². The predicted octanol–water partition coefficient (Wildman–Crippen LogP) is 2.45. The van der Waals surface area contributed by atoms with Gasteiger partial charge in [0.15, 0.2) is 6.61 Å². The summed E-state index contributed by atoms with van der Waals surface area (Å²) in [5, 5.41) is 6.30. The molecule has 1 aromatic heterocycles. The molecule has 1 saturated heterocycles. The Hall–Kier alpha value is -3.37. The predicted molar refractivity (Wildman–Crippen MR) is 125 cm³/mol. The molecule has 2 heterocycles. The van der Waals surface area contributed by atoms with Crippen LogP contribution >= 0.6 is 0 Å². The number of piperazine rings is 1. The highest BCUT2D eigenvalue weighted by Gasteiger charge is 2.29. The number of furan rings is 1. The van der Waals surface area contributed by atoms with Gasteiger partial charge in [0.05, 0.1) is 11.4 Å². The van der Waals surface area contributed by atoms with E-state index in [2.05, 4.69) is 10.6 Å². The number of carbonyl (C=O) groups excluding carboxylic acids is 2. The maximum absolute atomic E-state index is 12.9. The van der Waals surface area contributed by atoms with Crippen LogP contribution in [0.25, 0.3) is 11.0 Å². The maximum atomic E-state index is 12.9. The van der Waals surface area contributed by atoms with Crippen LogP contribution in [0.3, 0.4) is 0 Å². The molecule has 0 radical (unpaired) electrons. The monoisotopic (exact) mass is 483 g/mol. The van der Waals surface area contributed by atoms with Crippen LogP contribution in [0.1, 0.15) is 24.2 Å². The van der Waals surface area contributed by atoms with Gasteiger partial charge in [-0.3, -0.25) is 9.59 Å². The molecule has 9 nitrogen and oxygen atoms in total. The lowest BCUT2D eigenvalue weighted by Gasteiger charge is -2.26. The molecule has 178 valence electrons. The fraction of sp³-hybridized carbons (Fsp3) is 0.333. The zero-order chi connectivity index (χ0) is 23.7. The molecule has 0 saturated carbocycles. The molecule has 2 aromatic carbocycles. The van der Waals surface area contributed by atoms with Gasteiger partial charge in [-0.15, -0.1) is 0 Å². The van der Waals surface area contributed by atoms with Gasteiger partial charge < -0.3 is 19.8 Å². The first kappa shape index (κ1) is 22.4. The topological polar surface area (TPSA) is 118 Å². The van der Waals surface area contributed by atoms with E-state index in [0.29, 0.717) is 11.4 Å². The van der Waals surface area contributed by atoms with Gasteiger partial charge in [0.25, 0.3) is 5.91 Å². The minimum atomic E-state index is -3.85. The molecular formula is C24H25N3O6S. The summed E-state index contributed by atoms with van der Waals surface area (Å²) in [6, 6.07) is 11.5. The van der Waals surface area contributed by atoms with Crippen molar-refractivity contribution < 1.29 is 27.2 Å². The molecule has 2 amide bonds. The molecule has 3 aromatic rings. The van der Waals surface area contributed by atoms with Crippen molar-refractivity contribution in [3.05, 3.63) is 53.8 Å². The quantitative estimate of drug-likeness (QED) is 0.556. The third-order valence-electron chi connectivity index (χ3n) is 6.06. The Bertz CT molecular complexity index is 1360. The van der Waals surface area contributed by atoms with Crippen molar-refractivity contribution in [3.63, 3.8) is 0 Å². The molecule has 0 spiro atoms. The van der Waals surface area contributed by atoms with E-state index in [0.717, 1.165) is 46.7 Å². The van der Waals surface area contributed by atoms with Crippen molar-refractivity contribution in [2.45, 2.75) is 30.6 Å². The number of aryl methyl sites for hydroxylation is 2. The number of carbonyl (C=O) groups is 2. The molecule has 10 heteroatoms. The minimum Gasteiger partial charge on any atom is -0.484 e. The third-order valence-corrected chi connectivity index (χ3v) is 7.90. The van der Waals surface area contributed by atoms with Crippen molar-refractivity contribution >= 4 is 38.5 Å². The van der Waals surface area contributed by atoms with Gasteiger partial charge >= 0.3 is 0 Å². The number of ether oxygens (including phenoxy) is 1. The van der Waals surface area contributed by atoms with Crippen LogP contribution in [0.2, 0.25) is 0 Å². The Kier molecular flexibility index (Phi) is 6.01. The number of anilines is 1. The molecule has 2 aliphatic rings. The second-order valence-electron chi connectivity index (χ2n) is 8.42. The number of rotatable bonds is 6. The Balaban J connectivity index is 1.24. The van der Waals surface area contributed by atoms with Gasteiger partial charge in [-0.1, -0.05) is 6.07 Å². The van der Waals surface area contributed by atoms with Crippen LogP contribution in [0.4, 0.5) is 5.69 Å². The lowest BCUT2D eigenvalue weighted by molar-refractivity contribution is -0.122. The molecule has 34 heavy (non-hydrogen) atoms. The number of hydrogen-bond acceptors (Lipinski definition) is 6. The Labute approximate surface area is 197 Å². The highest BCUT2D eigenvalue weighted by molar-refractivity contribution is 7.89. The van der Waals surface area contributed by atoms with Crippen LogP contribution in [0.15, 0.2) is 51.8 Å². The van der Waals surface area contributed by atoms with Crippen LogP contribution in [0.5, 0.6) is 5.75 Å². The summed E-state index contributed by atoms with van der Waals surface area (Å²) in [5.74, 6) is 0.847. The van der Waals surface area contributed by atoms with Crippen molar-refractivity contribution in [2.75, 3.05) is 31.6 Å². The van der Waals surface area contributed by atoms with Gasteiger partial charge in [-0.2, -0.15) is 4.31 Å². The molecule has 0 atom stereocenters. The Morgan fingerprint density at radius 2 is 2.00 bits per heavy atom.